The maximum atomic E-state index is 12.9. The first-order valence-corrected chi connectivity index (χ1v) is 8.54. The van der Waals surface area contributed by atoms with E-state index in [0.29, 0.717) is 18.9 Å². The fourth-order valence-electron chi connectivity index (χ4n) is 2.52. The van der Waals surface area contributed by atoms with Gasteiger partial charge in [0.15, 0.2) is 0 Å². The Morgan fingerprint density at radius 1 is 1.39 bits per heavy atom. The van der Waals surface area contributed by atoms with Gasteiger partial charge in [0.05, 0.1) is 12.5 Å². The Kier molecular flexibility index (Phi) is 4.23. The van der Waals surface area contributed by atoms with E-state index in [4.69, 9.17) is 4.74 Å². The summed E-state index contributed by atoms with van der Waals surface area (Å²) >= 11 is 0. The minimum Gasteiger partial charge on any atom is -0.466 e. The van der Waals surface area contributed by atoms with Gasteiger partial charge in [-0.2, -0.15) is 0 Å². The molecule has 1 heterocycles. The molecule has 0 radical (unpaired) electrons. The molecule has 1 aromatic rings. The highest BCUT2D eigenvalue weighted by Crippen LogP contribution is 2.51. The van der Waals surface area contributed by atoms with E-state index in [-0.39, 0.29) is 11.9 Å². The zero-order valence-electron chi connectivity index (χ0n) is 10.7. The molecule has 1 aliphatic heterocycles. The van der Waals surface area contributed by atoms with Crippen molar-refractivity contribution in [3.8, 4) is 0 Å². The third-order valence-electron chi connectivity index (χ3n) is 3.43. The molecule has 2 atom stereocenters. The van der Waals surface area contributed by atoms with E-state index in [1.807, 2.05) is 30.3 Å². The first-order valence-electron chi connectivity index (χ1n) is 6.46. The Bertz CT molecular complexity index is 455. The highest BCUT2D eigenvalue weighted by Gasteiger charge is 2.36. The standard InChI is InChI=1S/C14H19O3P/c1-2-17-14(15)12-7-6-10-18(16,11-12)13-8-4-3-5-9-13/h3-5,8-9,12H,2,6-7,10-11H2,1H3. The normalized spacial score (nSPS) is 27.7. The van der Waals surface area contributed by atoms with E-state index in [0.717, 1.165) is 18.1 Å². The Labute approximate surface area is 108 Å². The molecular formula is C14H19O3P. The third-order valence-corrected chi connectivity index (χ3v) is 6.74. The van der Waals surface area contributed by atoms with E-state index >= 15 is 0 Å². The zero-order chi connectivity index (χ0) is 13.0. The van der Waals surface area contributed by atoms with Crippen molar-refractivity contribution in [2.24, 2.45) is 5.92 Å². The first-order chi connectivity index (χ1) is 8.65. The summed E-state index contributed by atoms with van der Waals surface area (Å²) in [7, 11) is -2.40. The van der Waals surface area contributed by atoms with Gasteiger partial charge in [0.25, 0.3) is 0 Å². The van der Waals surface area contributed by atoms with Crippen LogP contribution in [-0.4, -0.2) is 24.9 Å². The van der Waals surface area contributed by atoms with Gasteiger partial charge in [-0.3, -0.25) is 4.79 Å². The van der Waals surface area contributed by atoms with Gasteiger partial charge in [-0.15, -0.1) is 0 Å². The number of esters is 1. The maximum Gasteiger partial charge on any atom is 0.309 e. The fraction of sp³-hybridized carbons (Fsp3) is 0.500. The molecule has 0 saturated carbocycles. The Hall–Kier alpha value is -1.08. The molecular weight excluding hydrogens is 247 g/mol. The molecule has 0 bridgehead atoms. The summed E-state index contributed by atoms with van der Waals surface area (Å²) in [6.45, 7) is 2.20. The topological polar surface area (TPSA) is 43.4 Å². The summed E-state index contributed by atoms with van der Waals surface area (Å²) in [5.41, 5.74) is 0. The lowest BCUT2D eigenvalue weighted by Gasteiger charge is -2.28. The number of benzene rings is 1. The lowest BCUT2D eigenvalue weighted by molar-refractivity contribution is -0.147. The van der Waals surface area contributed by atoms with E-state index in [1.54, 1.807) is 6.92 Å². The smallest absolute Gasteiger partial charge is 0.309 e. The van der Waals surface area contributed by atoms with E-state index in [9.17, 15) is 9.36 Å². The Balaban J connectivity index is 2.15. The molecule has 1 fully saturated rings. The van der Waals surface area contributed by atoms with Gasteiger partial charge >= 0.3 is 5.97 Å². The zero-order valence-corrected chi connectivity index (χ0v) is 11.6. The van der Waals surface area contributed by atoms with Gasteiger partial charge < -0.3 is 9.30 Å². The van der Waals surface area contributed by atoms with Gasteiger partial charge in [0.2, 0.25) is 0 Å². The molecule has 0 N–H and O–H groups in total. The largest absolute Gasteiger partial charge is 0.466 e. The molecule has 1 aromatic carbocycles. The first kappa shape index (κ1) is 13.4. The number of ether oxygens (including phenoxy) is 1. The number of carbonyl (C=O) groups is 1. The van der Waals surface area contributed by atoms with Gasteiger partial charge in [0, 0.05) is 17.6 Å². The summed E-state index contributed by atoms with van der Waals surface area (Å²) in [6, 6.07) is 9.55. The minimum atomic E-state index is -2.40. The van der Waals surface area contributed by atoms with Crippen molar-refractivity contribution in [3.63, 3.8) is 0 Å². The molecule has 1 saturated heterocycles. The molecule has 0 amide bonds. The van der Waals surface area contributed by atoms with Crippen LogP contribution in [0.4, 0.5) is 0 Å². The summed E-state index contributed by atoms with van der Waals surface area (Å²) in [6.07, 6.45) is 2.83. The molecule has 0 aliphatic carbocycles. The number of hydrogen-bond acceptors (Lipinski definition) is 3. The van der Waals surface area contributed by atoms with E-state index < -0.39 is 7.14 Å². The lowest BCUT2D eigenvalue weighted by atomic mass is 10.1. The number of rotatable bonds is 3. The van der Waals surface area contributed by atoms with Crippen molar-refractivity contribution in [1.82, 2.24) is 0 Å². The van der Waals surface area contributed by atoms with Gasteiger partial charge in [0.1, 0.15) is 7.14 Å². The fourth-order valence-corrected chi connectivity index (χ4v) is 5.62. The van der Waals surface area contributed by atoms with Crippen LogP contribution in [0.1, 0.15) is 19.8 Å². The summed E-state index contributed by atoms with van der Waals surface area (Å²) < 4.78 is 18.0. The van der Waals surface area contributed by atoms with E-state index in [1.165, 1.54) is 0 Å². The van der Waals surface area contributed by atoms with Crippen molar-refractivity contribution >= 4 is 18.4 Å². The highest BCUT2D eigenvalue weighted by atomic mass is 31.2. The maximum absolute atomic E-state index is 12.9. The van der Waals surface area contributed by atoms with Crippen LogP contribution in [0.25, 0.3) is 0 Å². The molecule has 18 heavy (non-hydrogen) atoms. The molecule has 2 rings (SSSR count). The molecule has 98 valence electrons. The molecule has 0 aromatic heterocycles. The van der Waals surface area contributed by atoms with Crippen molar-refractivity contribution in [2.45, 2.75) is 19.8 Å². The van der Waals surface area contributed by atoms with Crippen molar-refractivity contribution in [2.75, 3.05) is 18.9 Å². The monoisotopic (exact) mass is 266 g/mol. The minimum absolute atomic E-state index is 0.187. The quantitative estimate of drug-likeness (QED) is 0.624. The number of hydrogen-bond donors (Lipinski definition) is 0. The van der Waals surface area contributed by atoms with Crippen LogP contribution in [0.2, 0.25) is 0 Å². The summed E-state index contributed by atoms with van der Waals surface area (Å²) in [5, 5.41) is 0.902. The Morgan fingerprint density at radius 2 is 2.11 bits per heavy atom. The second-order valence-corrected chi connectivity index (χ2v) is 7.83. The van der Waals surface area contributed by atoms with Crippen LogP contribution < -0.4 is 5.30 Å². The molecule has 2 unspecified atom stereocenters. The van der Waals surface area contributed by atoms with Crippen LogP contribution in [0, 0.1) is 5.92 Å². The lowest BCUT2D eigenvalue weighted by Crippen LogP contribution is -2.28. The molecule has 1 aliphatic rings. The van der Waals surface area contributed by atoms with Crippen molar-refractivity contribution < 1.29 is 14.1 Å². The predicted octanol–water partition coefficient (Wildman–Crippen LogP) is 2.65. The van der Waals surface area contributed by atoms with Gasteiger partial charge in [-0.1, -0.05) is 30.3 Å². The van der Waals surface area contributed by atoms with Crippen LogP contribution in [0.15, 0.2) is 30.3 Å². The average Bonchev–Trinajstić information content (AvgIpc) is 2.40. The Morgan fingerprint density at radius 3 is 2.78 bits per heavy atom. The van der Waals surface area contributed by atoms with E-state index in [2.05, 4.69) is 0 Å². The van der Waals surface area contributed by atoms with Crippen LogP contribution >= 0.6 is 7.14 Å². The molecule has 0 spiro atoms. The second-order valence-electron chi connectivity index (χ2n) is 4.72. The third kappa shape index (κ3) is 2.84. The molecule has 3 nitrogen and oxygen atoms in total. The molecule has 4 heteroatoms. The van der Waals surface area contributed by atoms with Gasteiger partial charge in [-0.05, 0) is 19.8 Å². The van der Waals surface area contributed by atoms with Crippen molar-refractivity contribution in [1.29, 1.82) is 0 Å². The highest BCUT2D eigenvalue weighted by molar-refractivity contribution is 7.71. The second kappa shape index (κ2) is 5.71. The average molecular weight is 266 g/mol. The number of carbonyl (C=O) groups excluding carboxylic acids is 1. The SMILES string of the molecule is CCOC(=O)C1CCCP(=O)(c2ccccc2)C1. The summed E-state index contributed by atoms with van der Waals surface area (Å²) in [5.74, 6) is -0.377. The van der Waals surface area contributed by atoms with Crippen molar-refractivity contribution in [3.05, 3.63) is 30.3 Å². The summed E-state index contributed by atoms with van der Waals surface area (Å²) in [4.78, 5) is 11.8. The van der Waals surface area contributed by atoms with Crippen LogP contribution in [0.5, 0.6) is 0 Å². The van der Waals surface area contributed by atoms with Crippen LogP contribution in [-0.2, 0) is 14.1 Å². The predicted molar refractivity (Wildman–Crippen MR) is 72.8 cm³/mol. The van der Waals surface area contributed by atoms with Gasteiger partial charge in [-0.25, -0.2) is 0 Å². The van der Waals surface area contributed by atoms with Crippen LogP contribution in [0.3, 0.4) is 0 Å².